The van der Waals surface area contributed by atoms with E-state index in [-0.39, 0.29) is 11.5 Å². The van der Waals surface area contributed by atoms with Crippen molar-refractivity contribution in [2.75, 3.05) is 13.2 Å². The highest BCUT2D eigenvalue weighted by Gasteiger charge is 2.40. The monoisotopic (exact) mass is 514 g/mol. The van der Waals surface area contributed by atoms with E-state index in [4.69, 9.17) is 14.2 Å². The Bertz CT molecular complexity index is 1440. The molecule has 38 heavy (non-hydrogen) atoms. The molecule has 196 valence electrons. The molecule has 0 aromatic carbocycles. The van der Waals surface area contributed by atoms with Gasteiger partial charge in [0.15, 0.2) is 17.4 Å². The molecule has 3 aromatic rings. The van der Waals surface area contributed by atoms with Crippen molar-refractivity contribution in [1.82, 2.24) is 29.5 Å². The van der Waals surface area contributed by atoms with Gasteiger partial charge in [0.1, 0.15) is 11.4 Å². The minimum atomic E-state index is -0.390. The first-order valence-electron chi connectivity index (χ1n) is 13.0. The average molecular weight is 515 g/mol. The number of rotatable bonds is 6. The summed E-state index contributed by atoms with van der Waals surface area (Å²) in [6.45, 7) is 1.36. The summed E-state index contributed by atoms with van der Waals surface area (Å²) in [4.78, 5) is 21.6. The second-order valence-corrected chi connectivity index (χ2v) is 9.82. The van der Waals surface area contributed by atoms with Crippen molar-refractivity contribution in [3.8, 4) is 11.4 Å². The second kappa shape index (κ2) is 10.5. The lowest BCUT2D eigenvalue weighted by molar-refractivity contribution is -0.186. The lowest BCUT2D eigenvalue weighted by atomic mass is 9.92. The highest BCUT2D eigenvalue weighted by atomic mass is 16.7. The van der Waals surface area contributed by atoms with Crippen LogP contribution in [-0.4, -0.2) is 54.6 Å². The maximum Gasteiger partial charge on any atom is 0.203 e. The quantitative estimate of drug-likeness (QED) is 0.493. The molecule has 0 N–H and O–H groups in total. The van der Waals surface area contributed by atoms with Crippen molar-refractivity contribution in [2.24, 2.45) is 7.05 Å². The van der Waals surface area contributed by atoms with Crippen molar-refractivity contribution < 1.29 is 14.2 Å². The number of hydrogen-bond donors (Lipinski definition) is 0. The molecule has 0 unspecified atom stereocenters. The summed E-state index contributed by atoms with van der Waals surface area (Å²) in [5.41, 5.74) is 3.19. The molecule has 10 nitrogen and oxygen atoms in total. The van der Waals surface area contributed by atoms with E-state index < -0.39 is 5.79 Å². The van der Waals surface area contributed by atoms with E-state index in [9.17, 15) is 4.79 Å². The molecule has 0 amide bonds. The van der Waals surface area contributed by atoms with Crippen LogP contribution in [0, 0.1) is 0 Å². The third-order valence-electron chi connectivity index (χ3n) is 7.13. The topological polar surface area (TPSA) is 106 Å². The Morgan fingerprint density at radius 3 is 2.66 bits per heavy atom. The van der Waals surface area contributed by atoms with Gasteiger partial charge in [-0.05, 0) is 24.8 Å². The van der Waals surface area contributed by atoms with Crippen LogP contribution in [0.3, 0.4) is 0 Å². The Kier molecular flexibility index (Phi) is 6.73. The van der Waals surface area contributed by atoms with Crippen molar-refractivity contribution >= 4 is 5.57 Å². The van der Waals surface area contributed by atoms with Gasteiger partial charge in [0.2, 0.25) is 5.43 Å². The van der Waals surface area contributed by atoms with Gasteiger partial charge in [-0.15, -0.1) is 0 Å². The Labute approximate surface area is 220 Å². The maximum absolute atomic E-state index is 12.5. The second-order valence-electron chi connectivity index (χ2n) is 9.82. The van der Waals surface area contributed by atoms with Gasteiger partial charge >= 0.3 is 0 Å². The smallest absolute Gasteiger partial charge is 0.203 e. The van der Waals surface area contributed by atoms with Crippen molar-refractivity contribution in [3.63, 3.8) is 0 Å². The summed E-state index contributed by atoms with van der Waals surface area (Å²) < 4.78 is 21.1. The van der Waals surface area contributed by atoms with Crippen LogP contribution in [0.5, 0.6) is 5.75 Å². The lowest BCUT2D eigenvalue weighted by Crippen LogP contribution is -2.38. The molecule has 6 rings (SSSR count). The Balaban J connectivity index is 1.07. The highest BCUT2D eigenvalue weighted by Crippen LogP contribution is 2.37. The fourth-order valence-electron chi connectivity index (χ4n) is 5.07. The Morgan fingerprint density at radius 1 is 1.13 bits per heavy atom. The predicted octanol–water partition coefficient (Wildman–Crippen LogP) is 3.33. The van der Waals surface area contributed by atoms with Gasteiger partial charge < -0.3 is 14.2 Å². The van der Waals surface area contributed by atoms with Gasteiger partial charge in [0, 0.05) is 44.1 Å². The van der Waals surface area contributed by atoms with Crippen LogP contribution in [0.1, 0.15) is 43.6 Å². The van der Waals surface area contributed by atoms with Crippen molar-refractivity contribution in [3.05, 3.63) is 88.7 Å². The van der Waals surface area contributed by atoms with Crippen LogP contribution in [0.15, 0.2) is 71.7 Å². The van der Waals surface area contributed by atoms with E-state index >= 15 is 0 Å². The van der Waals surface area contributed by atoms with Crippen molar-refractivity contribution in [2.45, 2.75) is 50.4 Å². The van der Waals surface area contributed by atoms with Crippen LogP contribution >= 0.6 is 0 Å². The summed E-state index contributed by atoms with van der Waals surface area (Å²) in [5, 5.41) is 8.72. The summed E-state index contributed by atoms with van der Waals surface area (Å²) in [7, 11) is 1.84. The summed E-state index contributed by atoms with van der Waals surface area (Å²) >= 11 is 0. The first-order valence-corrected chi connectivity index (χ1v) is 13.0. The third-order valence-corrected chi connectivity index (χ3v) is 7.13. The maximum atomic E-state index is 12.5. The van der Waals surface area contributed by atoms with E-state index in [1.807, 2.05) is 31.5 Å². The zero-order chi connectivity index (χ0) is 26.0. The van der Waals surface area contributed by atoms with Crippen LogP contribution in [-0.2, 0) is 22.9 Å². The summed E-state index contributed by atoms with van der Waals surface area (Å²) in [6, 6.07) is 1.54. The first-order chi connectivity index (χ1) is 18.6. The lowest BCUT2D eigenvalue weighted by Gasteiger charge is -2.35. The molecule has 1 saturated carbocycles. The number of hydrogen-bond acceptors (Lipinski definition) is 8. The number of ether oxygens (including phenoxy) is 3. The zero-order valence-corrected chi connectivity index (χ0v) is 21.3. The van der Waals surface area contributed by atoms with Gasteiger partial charge in [-0.3, -0.25) is 9.48 Å². The summed E-state index contributed by atoms with van der Waals surface area (Å²) in [6.07, 6.45) is 21.4. The molecule has 1 saturated heterocycles. The molecular formula is C28H30N6O4. The molecule has 0 atom stereocenters. The molecule has 10 heteroatoms. The summed E-state index contributed by atoms with van der Waals surface area (Å²) in [5.74, 6) is 0.939. The minimum absolute atomic E-state index is 0.0905. The van der Waals surface area contributed by atoms with E-state index in [0.29, 0.717) is 43.3 Å². The molecule has 1 aliphatic heterocycles. The first kappa shape index (κ1) is 24.4. The molecule has 4 heterocycles. The van der Waals surface area contributed by atoms with Gasteiger partial charge in [-0.25, -0.2) is 14.6 Å². The van der Waals surface area contributed by atoms with E-state index in [1.54, 1.807) is 40.2 Å². The SMILES string of the molecule is Cn1cc(-n2ccc(=O)c(CC3=CCC(c4ncc(OC5CCC6(CC5)OCCO6)cn4)=CC=C3)n2)cn1. The normalized spacial score (nSPS) is 19.3. The molecule has 2 aliphatic carbocycles. The van der Waals surface area contributed by atoms with Gasteiger partial charge in [0.25, 0.3) is 0 Å². The number of aryl methyl sites for hydroxylation is 1. The average Bonchev–Trinajstić information content (AvgIpc) is 3.51. The molecule has 3 aliphatic rings. The molecule has 0 bridgehead atoms. The predicted molar refractivity (Wildman–Crippen MR) is 140 cm³/mol. The fourth-order valence-corrected chi connectivity index (χ4v) is 5.07. The van der Waals surface area contributed by atoms with E-state index in [2.05, 4.69) is 26.2 Å². The number of aromatic nitrogens is 6. The van der Waals surface area contributed by atoms with Gasteiger partial charge in [0.05, 0.1) is 44.1 Å². The van der Waals surface area contributed by atoms with Crippen LogP contribution in [0.4, 0.5) is 0 Å². The van der Waals surface area contributed by atoms with Crippen LogP contribution in [0.2, 0.25) is 0 Å². The van der Waals surface area contributed by atoms with E-state index in [1.165, 1.54) is 0 Å². The van der Waals surface area contributed by atoms with Crippen LogP contribution < -0.4 is 10.2 Å². The molecular weight excluding hydrogens is 484 g/mol. The van der Waals surface area contributed by atoms with Crippen LogP contribution in [0.25, 0.3) is 11.3 Å². The molecule has 0 radical (unpaired) electrons. The molecule has 2 fully saturated rings. The van der Waals surface area contributed by atoms with Gasteiger partial charge in [-0.2, -0.15) is 10.2 Å². The van der Waals surface area contributed by atoms with Gasteiger partial charge in [-0.1, -0.05) is 24.3 Å². The third kappa shape index (κ3) is 5.36. The fraction of sp³-hybridized carbons (Fsp3) is 0.393. The Hall–Kier alpha value is -3.89. The minimum Gasteiger partial charge on any atom is -0.487 e. The zero-order valence-electron chi connectivity index (χ0n) is 21.3. The Morgan fingerprint density at radius 2 is 1.92 bits per heavy atom. The largest absolute Gasteiger partial charge is 0.487 e. The number of allylic oxidation sites excluding steroid dienone is 6. The standard InChI is InChI=1S/C28H30N6O4/c1-33-19-22(16-31-33)34-12-9-26(35)25(32-34)15-20-3-2-4-21(6-5-20)27-29-17-24(18-30-27)38-23-7-10-28(11-8-23)36-13-14-37-28/h2-5,9,12,16-19,23H,6-8,10-11,13-15H2,1H3. The van der Waals surface area contributed by atoms with E-state index in [0.717, 1.165) is 42.5 Å². The molecule has 1 spiro atoms. The molecule has 3 aromatic heterocycles. The van der Waals surface area contributed by atoms with Crippen molar-refractivity contribution in [1.29, 1.82) is 0 Å². The number of nitrogens with zero attached hydrogens (tertiary/aromatic N) is 6. The highest BCUT2D eigenvalue weighted by molar-refractivity contribution is 5.64.